The Morgan fingerprint density at radius 2 is 1.48 bits per heavy atom. The largest absolute Gasteiger partial charge is 0.440 e. The second-order valence-electron chi connectivity index (χ2n) is 6.47. The van der Waals surface area contributed by atoms with E-state index >= 15 is 0 Å². The van der Waals surface area contributed by atoms with Gasteiger partial charge in [0.2, 0.25) is 10.0 Å². The van der Waals surface area contributed by atoms with Gasteiger partial charge in [0.1, 0.15) is 5.69 Å². The molecule has 3 aromatic carbocycles. The normalized spacial score (nSPS) is 11.5. The van der Waals surface area contributed by atoms with Crippen LogP contribution in [0.25, 0.3) is 22.6 Å². The molecule has 1 aromatic heterocycles. The number of oxazole rings is 1. The van der Waals surface area contributed by atoms with Gasteiger partial charge in [0.15, 0.2) is 11.7 Å². The average Bonchev–Trinajstić information content (AvgIpc) is 3.12. The molecule has 4 rings (SSSR count). The molecule has 5 nitrogen and oxygen atoms in total. The van der Waals surface area contributed by atoms with Crippen LogP contribution in [0.4, 0.5) is 0 Å². The summed E-state index contributed by atoms with van der Waals surface area (Å²) in [6.07, 6.45) is 0.454. The standard InChI is InChI=1S/C22H17ClN2O3S/c23-18-12-6-4-10-16(18)22-21(17-11-5-7-13-19(17)29(24,26)27)25-20(28-22)14-15-8-2-1-3-9-15/h1-13H,14H2,(H2,24,26,27). The van der Waals surface area contributed by atoms with Crippen LogP contribution in [0.15, 0.2) is 88.2 Å². The lowest BCUT2D eigenvalue weighted by atomic mass is 10.1. The Kier molecular flexibility index (Phi) is 5.24. The molecule has 0 aliphatic rings. The highest BCUT2D eigenvalue weighted by Crippen LogP contribution is 2.38. The fraction of sp³-hybridized carbons (Fsp3) is 0.0455. The van der Waals surface area contributed by atoms with E-state index in [4.69, 9.17) is 21.2 Å². The maximum atomic E-state index is 12.1. The molecule has 1 heterocycles. The summed E-state index contributed by atoms with van der Waals surface area (Å²) in [4.78, 5) is 4.60. The number of primary sulfonamides is 1. The van der Waals surface area contributed by atoms with Gasteiger partial charge in [-0.3, -0.25) is 0 Å². The van der Waals surface area contributed by atoms with Crippen molar-refractivity contribution in [3.8, 4) is 22.6 Å². The van der Waals surface area contributed by atoms with E-state index in [9.17, 15) is 8.42 Å². The number of hydrogen-bond donors (Lipinski definition) is 1. The van der Waals surface area contributed by atoms with Crippen molar-refractivity contribution in [2.24, 2.45) is 5.14 Å². The number of halogens is 1. The highest BCUT2D eigenvalue weighted by atomic mass is 35.5. The van der Waals surface area contributed by atoms with Crippen molar-refractivity contribution in [3.05, 3.63) is 95.3 Å². The number of nitrogens with two attached hydrogens (primary N) is 1. The average molecular weight is 425 g/mol. The van der Waals surface area contributed by atoms with Crippen molar-refractivity contribution < 1.29 is 12.8 Å². The summed E-state index contributed by atoms with van der Waals surface area (Å²) < 4.78 is 30.3. The zero-order valence-electron chi connectivity index (χ0n) is 15.2. The first kappa shape index (κ1) is 19.4. The van der Waals surface area contributed by atoms with Crippen molar-refractivity contribution >= 4 is 21.6 Å². The van der Waals surface area contributed by atoms with E-state index in [0.717, 1.165) is 5.56 Å². The van der Waals surface area contributed by atoms with Crippen LogP contribution in [-0.2, 0) is 16.4 Å². The molecule has 0 aliphatic carbocycles. The van der Waals surface area contributed by atoms with Gasteiger partial charge in [-0.25, -0.2) is 18.5 Å². The summed E-state index contributed by atoms with van der Waals surface area (Å²) in [6.45, 7) is 0. The fourth-order valence-electron chi connectivity index (χ4n) is 3.13. The highest BCUT2D eigenvalue weighted by Gasteiger charge is 2.24. The second-order valence-corrected chi connectivity index (χ2v) is 8.41. The van der Waals surface area contributed by atoms with Crippen LogP contribution in [0.5, 0.6) is 0 Å². The van der Waals surface area contributed by atoms with Gasteiger partial charge >= 0.3 is 0 Å². The third kappa shape index (κ3) is 4.10. The third-order valence-electron chi connectivity index (χ3n) is 4.44. The predicted molar refractivity (Wildman–Crippen MR) is 113 cm³/mol. The van der Waals surface area contributed by atoms with Gasteiger partial charge < -0.3 is 4.42 Å². The third-order valence-corrected chi connectivity index (χ3v) is 5.74. The van der Waals surface area contributed by atoms with Gasteiger partial charge in [-0.15, -0.1) is 0 Å². The van der Waals surface area contributed by atoms with Gasteiger partial charge in [0.25, 0.3) is 0 Å². The zero-order chi connectivity index (χ0) is 20.4. The Bertz CT molecular complexity index is 1270. The van der Waals surface area contributed by atoms with E-state index in [-0.39, 0.29) is 4.90 Å². The monoisotopic (exact) mass is 424 g/mol. The zero-order valence-corrected chi connectivity index (χ0v) is 16.8. The first-order valence-electron chi connectivity index (χ1n) is 8.84. The predicted octanol–water partition coefficient (Wildman–Crippen LogP) is 4.90. The summed E-state index contributed by atoms with van der Waals surface area (Å²) in [7, 11) is -3.95. The minimum Gasteiger partial charge on any atom is -0.440 e. The van der Waals surface area contributed by atoms with Crippen LogP contribution in [-0.4, -0.2) is 13.4 Å². The minimum atomic E-state index is -3.95. The summed E-state index contributed by atoms with van der Waals surface area (Å²) in [5, 5.41) is 5.91. The van der Waals surface area contributed by atoms with Crippen molar-refractivity contribution in [1.29, 1.82) is 0 Å². The van der Waals surface area contributed by atoms with Crippen LogP contribution >= 0.6 is 11.6 Å². The Morgan fingerprint density at radius 3 is 2.17 bits per heavy atom. The molecule has 0 bridgehead atoms. The Morgan fingerprint density at radius 1 is 0.862 bits per heavy atom. The van der Waals surface area contributed by atoms with Gasteiger partial charge in [-0.1, -0.05) is 72.3 Å². The first-order chi connectivity index (χ1) is 13.9. The summed E-state index contributed by atoms with van der Waals surface area (Å²) in [5.74, 6) is 0.850. The van der Waals surface area contributed by atoms with Crippen molar-refractivity contribution in [3.63, 3.8) is 0 Å². The summed E-state index contributed by atoms with van der Waals surface area (Å²) in [6, 6.07) is 23.4. The van der Waals surface area contributed by atoms with Crippen molar-refractivity contribution in [2.45, 2.75) is 11.3 Å². The van der Waals surface area contributed by atoms with Gasteiger partial charge in [0.05, 0.1) is 9.92 Å². The van der Waals surface area contributed by atoms with Gasteiger partial charge in [0, 0.05) is 17.5 Å². The van der Waals surface area contributed by atoms with Crippen LogP contribution in [0, 0.1) is 0 Å². The molecule has 0 aliphatic heterocycles. The lowest BCUT2D eigenvalue weighted by molar-refractivity contribution is 0.519. The molecule has 0 unspecified atom stereocenters. The topological polar surface area (TPSA) is 86.2 Å². The molecule has 0 saturated carbocycles. The van der Waals surface area contributed by atoms with Crippen molar-refractivity contribution in [2.75, 3.05) is 0 Å². The fourth-order valence-corrected chi connectivity index (χ4v) is 4.09. The molecule has 0 radical (unpaired) electrons. The molecule has 146 valence electrons. The molecule has 0 amide bonds. The van der Waals surface area contributed by atoms with Gasteiger partial charge in [-0.05, 0) is 23.8 Å². The maximum absolute atomic E-state index is 12.1. The number of benzene rings is 3. The molecular weight excluding hydrogens is 408 g/mol. The lowest BCUT2D eigenvalue weighted by Crippen LogP contribution is -2.13. The Hall–Kier alpha value is -2.93. The van der Waals surface area contributed by atoms with E-state index in [1.165, 1.54) is 6.07 Å². The molecule has 0 fully saturated rings. The molecule has 0 atom stereocenters. The molecule has 2 N–H and O–H groups in total. The van der Waals surface area contributed by atoms with Crippen LogP contribution < -0.4 is 5.14 Å². The molecular formula is C22H17ClN2O3S. The Labute approximate surface area is 173 Å². The van der Waals surface area contributed by atoms with E-state index < -0.39 is 10.0 Å². The molecule has 7 heteroatoms. The molecule has 29 heavy (non-hydrogen) atoms. The number of hydrogen-bond acceptors (Lipinski definition) is 4. The van der Waals surface area contributed by atoms with Crippen LogP contribution in [0.3, 0.4) is 0 Å². The van der Waals surface area contributed by atoms with E-state index in [1.807, 2.05) is 42.5 Å². The second kappa shape index (κ2) is 7.83. The smallest absolute Gasteiger partial charge is 0.238 e. The number of rotatable bonds is 5. The number of nitrogens with zero attached hydrogens (tertiary/aromatic N) is 1. The lowest BCUT2D eigenvalue weighted by Gasteiger charge is -2.07. The minimum absolute atomic E-state index is 0.0205. The molecule has 0 spiro atoms. The van der Waals surface area contributed by atoms with Crippen molar-refractivity contribution in [1.82, 2.24) is 4.98 Å². The van der Waals surface area contributed by atoms with Crippen LogP contribution in [0.2, 0.25) is 5.02 Å². The van der Waals surface area contributed by atoms with Gasteiger partial charge in [-0.2, -0.15) is 0 Å². The van der Waals surface area contributed by atoms with E-state index in [0.29, 0.717) is 39.9 Å². The molecule has 4 aromatic rings. The Balaban J connectivity index is 1.93. The SMILES string of the molecule is NS(=O)(=O)c1ccccc1-c1nc(Cc2ccccc2)oc1-c1ccccc1Cl. The molecule has 0 saturated heterocycles. The van der Waals surface area contributed by atoms with Crippen LogP contribution in [0.1, 0.15) is 11.5 Å². The van der Waals surface area contributed by atoms with E-state index in [1.54, 1.807) is 30.3 Å². The summed E-state index contributed by atoms with van der Waals surface area (Å²) in [5.41, 5.74) is 2.40. The first-order valence-corrected chi connectivity index (χ1v) is 10.8. The highest BCUT2D eigenvalue weighted by molar-refractivity contribution is 7.89. The van der Waals surface area contributed by atoms with E-state index in [2.05, 4.69) is 4.98 Å². The number of sulfonamides is 1. The quantitative estimate of drug-likeness (QED) is 0.493. The number of aromatic nitrogens is 1. The maximum Gasteiger partial charge on any atom is 0.238 e. The summed E-state index contributed by atoms with van der Waals surface area (Å²) >= 11 is 6.39.